The van der Waals surface area contributed by atoms with Crippen LogP contribution in [0.2, 0.25) is 0 Å². The molecule has 1 aromatic carbocycles. The van der Waals surface area contributed by atoms with E-state index in [0.29, 0.717) is 10.6 Å². The number of anilines is 1. The van der Waals surface area contributed by atoms with Gasteiger partial charge in [0.1, 0.15) is 0 Å². The first kappa shape index (κ1) is 13.6. The molecule has 1 heterocycles. The van der Waals surface area contributed by atoms with E-state index in [9.17, 15) is 10.1 Å². The highest BCUT2D eigenvalue weighted by molar-refractivity contribution is 7.99. The summed E-state index contributed by atoms with van der Waals surface area (Å²) in [5, 5.41) is 16.2. The first-order chi connectivity index (χ1) is 9.13. The maximum Gasteiger partial charge on any atom is 0.277 e. The molecule has 0 bridgehead atoms. The Morgan fingerprint density at radius 1 is 1.42 bits per heavy atom. The van der Waals surface area contributed by atoms with Crippen LogP contribution in [0.1, 0.15) is 6.92 Å². The van der Waals surface area contributed by atoms with Crippen LogP contribution >= 0.6 is 11.8 Å². The van der Waals surface area contributed by atoms with Crippen molar-refractivity contribution in [2.45, 2.75) is 12.2 Å². The van der Waals surface area contributed by atoms with E-state index in [1.807, 2.05) is 0 Å². The molecule has 1 unspecified atom stereocenters. The third-order valence-corrected chi connectivity index (χ3v) is 3.95. The summed E-state index contributed by atoms with van der Waals surface area (Å²) in [6.07, 6.45) is 5.29. The Labute approximate surface area is 115 Å². The van der Waals surface area contributed by atoms with E-state index in [1.54, 1.807) is 36.3 Å². The molecule has 0 saturated heterocycles. The van der Waals surface area contributed by atoms with Gasteiger partial charge in [-0.2, -0.15) is 11.8 Å². The van der Waals surface area contributed by atoms with E-state index in [2.05, 4.69) is 23.5 Å². The van der Waals surface area contributed by atoms with Gasteiger partial charge in [-0.1, -0.05) is 6.92 Å². The Balaban J connectivity index is 2.41. The molecule has 0 spiro atoms. The molecule has 2 aromatic rings. The minimum Gasteiger partial charge on any atom is -0.383 e. The van der Waals surface area contributed by atoms with Crippen molar-refractivity contribution in [3.63, 3.8) is 0 Å². The maximum absolute atomic E-state index is 11.0. The second-order valence-corrected chi connectivity index (χ2v) is 5.51. The lowest BCUT2D eigenvalue weighted by Gasteiger charge is -2.13. The van der Waals surface area contributed by atoms with Crippen LogP contribution < -0.4 is 5.32 Å². The van der Waals surface area contributed by atoms with Gasteiger partial charge < -0.3 is 5.32 Å². The van der Waals surface area contributed by atoms with E-state index >= 15 is 0 Å². The number of hydrogen-bond acceptors (Lipinski definition) is 5. The van der Waals surface area contributed by atoms with Crippen LogP contribution in [0.5, 0.6) is 0 Å². The van der Waals surface area contributed by atoms with Gasteiger partial charge in [-0.3, -0.25) is 15.1 Å². The molecular formula is C13H15N3O2S. The van der Waals surface area contributed by atoms with Crippen LogP contribution in [0.3, 0.4) is 0 Å². The summed E-state index contributed by atoms with van der Waals surface area (Å²) in [5.41, 5.74) is 0.996. The Bertz CT molecular complexity index is 603. The number of fused-ring (bicyclic) bond motifs is 1. The van der Waals surface area contributed by atoms with Gasteiger partial charge in [-0.15, -0.1) is 0 Å². The summed E-state index contributed by atoms with van der Waals surface area (Å²) in [6, 6.07) is 4.96. The first-order valence-corrected chi connectivity index (χ1v) is 7.20. The average Bonchev–Trinajstić information content (AvgIpc) is 2.43. The molecule has 0 saturated carbocycles. The smallest absolute Gasteiger partial charge is 0.277 e. The van der Waals surface area contributed by atoms with Gasteiger partial charge in [0.25, 0.3) is 5.69 Å². The number of pyridine rings is 1. The predicted molar refractivity (Wildman–Crippen MR) is 79.9 cm³/mol. The van der Waals surface area contributed by atoms with Gasteiger partial charge in [0, 0.05) is 41.3 Å². The van der Waals surface area contributed by atoms with E-state index in [-0.39, 0.29) is 10.6 Å². The fourth-order valence-corrected chi connectivity index (χ4v) is 2.07. The first-order valence-electron chi connectivity index (χ1n) is 5.91. The van der Waals surface area contributed by atoms with Gasteiger partial charge in [-0.05, 0) is 18.4 Å². The van der Waals surface area contributed by atoms with Crippen molar-refractivity contribution in [1.29, 1.82) is 0 Å². The molecule has 0 aliphatic carbocycles. The predicted octanol–water partition coefficient (Wildman–Crippen LogP) is 3.31. The molecule has 2 rings (SSSR count). The number of benzene rings is 1. The number of thioether (sulfide) groups is 1. The lowest BCUT2D eigenvalue weighted by Crippen LogP contribution is -2.12. The molecule has 1 N–H and O–H groups in total. The number of nitrogens with one attached hydrogen (secondary N) is 1. The number of rotatable bonds is 5. The van der Waals surface area contributed by atoms with Gasteiger partial charge in [0.15, 0.2) is 0 Å². The third-order valence-electron chi connectivity index (χ3n) is 2.97. The highest BCUT2D eigenvalue weighted by Gasteiger charge is 2.14. The monoisotopic (exact) mass is 277 g/mol. The SMILES string of the molecule is CSC(C)CNc1ccc([N+](=O)[O-])c2ccncc12. The van der Waals surface area contributed by atoms with Crippen LogP contribution in [0.25, 0.3) is 10.8 Å². The number of non-ortho nitro benzene ring substituents is 1. The summed E-state index contributed by atoms with van der Waals surface area (Å²) in [5.74, 6) is 0. The van der Waals surface area contributed by atoms with Crippen LogP contribution in [-0.2, 0) is 0 Å². The zero-order valence-electron chi connectivity index (χ0n) is 10.8. The van der Waals surface area contributed by atoms with Gasteiger partial charge in [0.05, 0.1) is 10.3 Å². The molecule has 0 aliphatic heterocycles. The largest absolute Gasteiger partial charge is 0.383 e. The zero-order chi connectivity index (χ0) is 13.8. The quantitative estimate of drug-likeness (QED) is 0.670. The third kappa shape index (κ3) is 2.96. The molecule has 6 heteroatoms. The van der Waals surface area contributed by atoms with E-state index in [0.717, 1.165) is 17.6 Å². The van der Waals surface area contributed by atoms with Gasteiger partial charge >= 0.3 is 0 Å². The fraction of sp³-hybridized carbons (Fsp3) is 0.308. The summed E-state index contributed by atoms with van der Waals surface area (Å²) in [6.45, 7) is 2.94. The molecule has 100 valence electrons. The molecule has 1 aromatic heterocycles. The Morgan fingerprint density at radius 3 is 2.89 bits per heavy atom. The summed E-state index contributed by atoms with van der Waals surface area (Å²) in [7, 11) is 0. The van der Waals surface area contributed by atoms with E-state index < -0.39 is 0 Å². The van der Waals surface area contributed by atoms with Crippen molar-refractivity contribution in [3.05, 3.63) is 40.7 Å². The fourth-order valence-electron chi connectivity index (χ4n) is 1.82. The van der Waals surface area contributed by atoms with E-state index in [4.69, 9.17) is 0 Å². The second kappa shape index (κ2) is 5.88. The maximum atomic E-state index is 11.0. The average molecular weight is 277 g/mol. The second-order valence-electron chi connectivity index (χ2n) is 4.24. The van der Waals surface area contributed by atoms with Crippen LogP contribution in [-0.4, -0.2) is 28.0 Å². The topological polar surface area (TPSA) is 68.1 Å². The van der Waals surface area contributed by atoms with Crippen molar-refractivity contribution in [2.75, 3.05) is 18.1 Å². The van der Waals surface area contributed by atoms with E-state index in [1.165, 1.54) is 6.07 Å². The highest BCUT2D eigenvalue weighted by Crippen LogP contribution is 2.30. The standard InChI is InChI=1S/C13H15N3O2S/c1-9(19-2)7-15-12-3-4-13(16(17)18)10-5-6-14-8-11(10)12/h3-6,8-9,15H,7H2,1-2H3. The molecule has 5 nitrogen and oxygen atoms in total. The van der Waals surface area contributed by atoms with Gasteiger partial charge in [0.2, 0.25) is 0 Å². The van der Waals surface area contributed by atoms with Crippen molar-refractivity contribution in [2.24, 2.45) is 0 Å². The van der Waals surface area contributed by atoms with Crippen molar-refractivity contribution < 1.29 is 4.92 Å². The van der Waals surface area contributed by atoms with Crippen molar-refractivity contribution in [1.82, 2.24) is 4.98 Å². The lowest BCUT2D eigenvalue weighted by atomic mass is 10.1. The molecular weight excluding hydrogens is 262 g/mol. The molecule has 0 aliphatic rings. The summed E-state index contributed by atoms with van der Waals surface area (Å²) in [4.78, 5) is 14.7. The number of hydrogen-bond donors (Lipinski definition) is 1. The normalized spacial score (nSPS) is 12.3. The highest BCUT2D eigenvalue weighted by atomic mass is 32.2. The molecule has 19 heavy (non-hydrogen) atoms. The Hall–Kier alpha value is -1.82. The molecule has 0 fully saturated rings. The van der Waals surface area contributed by atoms with Crippen LogP contribution in [0.4, 0.5) is 11.4 Å². The van der Waals surface area contributed by atoms with Crippen molar-refractivity contribution >= 4 is 33.9 Å². The minimum absolute atomic E-state index is 0.112. The molecule has 0 amide bonds. The van der Waals surface area contributed by atoms with Crippen molar-refractivity contribution in [3.8, 4) is 0 Å². The lowest BCUT2D eigenvalue weighted by molar-refractivity contribution is -0.383. The number of nitrogens with zero attached hydrogens (tertiary/aromatic N) is 2. The summed E-state index contributed by atoms with van der Waals surface area (Å²) >= 11 is 1.77. The van der Waals surface area contributed by atoms with Crippen LogP contribution in [0.15, 0.2) is 30.6 Å². The molecule has 0 radical (unpaired) electrons. The Morgan fingerprint density at radius 2 is 2.21 bits per heavy atom. The van der Waals surface area contributed by atoms with Crippen LogP contribution in [0, 0.1) is 10.1 Å². The minimum atomic E-state index is -0.364. The number of nitro benzene ring substituents is 1. The zero-order valence-corrected chi connectivity index (χ0v) is 11.6. The van der Waals surface area contributed by atoms with Gasteiger partial charge in [-0.25, -0.2) is 0 Å². The Kier molecular flexibility index (Phi) is 4.21. The molecule has 1 atom stereocenters. The number of aromatic nitrogens is 1. The summed E-state index contributed by atoms with van der Waals surface area (Å²) < 4.78 is 0. The number of nitro groups is 1.